The third-order valence-electron chi connectivity index (χ3n) is 8.41. The van der Waals surface area contributed by atoms with Gasteiger partial charge in [-0.25, -0.2) is 0 Å². The quantitative estimate of drug-likeness (QED) is 0.804. The van der Waals surface area contributed by atoms with E-state index in [0.717, 1.165) is 60.0 Å². The van der Waals surface area contributed by atoms with Crippen LogP contribution in [0.15, 0.2) is 35.1 Å². The monoisotopic (exact) mass is 394 g/mol. The van der Waals surface area contributed by atoms with Crippen LogP contribution in [0.25, 0.3) is 10.8 Å². The molecule has 4 fully saturated rings. The maximum absolute atomic E-state index is 12.6. The Bertz CT molecular complexity index is 876. The molecule has 29 heavy (non-hydrogen) atoms. The van der Waals surface area contributed by atoms with Crippen LogP contribution in [0.5, 0.6) is 0 Å². The molecule has 1 N–H and O–H groups in total. The second kappa shape index (κ2) is 7.46. The van der Waals surface area contributed by atoms with E-state index in [-0.39, 0.29) is 5.91 Å². The highest BCUT2D eigenvalue weighted by Crippen LogP contribution is 2.61. The molecule has 1 aliphatic heterocycles. The zero-order valence-corrected chi connectivity index (χ0v) is 17.8. The second-order valence-electron chi connectivity index (χ2n) is 10.3. The number of furan rings is 1. The molecule has 2 aromatic rings. The molecule has 4 nitrogen and oxygen atoms in total. The number of hydrogen-bond acceptors (Lipinski definition) is 3. The predicted octanol–water partition coefficient (Wildman–Crippen LogP) is 4.63. The minimum absolute atomic E-state index is 0.131. The average Bonchev–Trinajstić information content (AvgIpc) is 3.19. The Kier molecular flexibility index (Phi) is 4.93. The zero-order valence-electron chi connectivity index (χ0n) is 17.8. The molecule has 3 atom stereocenters. The van der Waals surface area contributed by atoms with Gasteiger partial charge in [0.25, 0.3) is 0 Å². The molecular weight excluding hydrogens is 360 g/mol. The summed E-state index contributed by atoms with van der Waals surface area (Å²) in [5.41, 5.74) is 1.62. The summed E-state index contributed by atoms with van der Waals surface area (Å²) in [6, 6.07) is 6.36. The molecule has 1 saturated heterocycles. The number of hydrogen-bond donors (Lipinski definition) is 1. The second-order valence-corrected chi connectivity index (χ2v) is 10.3. The minimum atomic E-state index is 0.131. The maximum Gasteiger partial charge on any atom is 0.224 e. The van der Waals surface area contributed by atoms with Crippen LogP contribution in [0.3, 0.4) is 0 Å². The van der Waals surface area contributed by atoms with E-state index < -0.39 is 0 Å². The highest BCUT2D eigenvalue weighted by Gasteiger charge is 2.54. The van der Waals surface area contributed by atoms with E-state index in [4.69, 9.17) is 4.42 Å². The van der Waals surface area contributed by atoms with E-state index in [1.165, 1.54) is 25.8 Å². The zero-order chi connectivity index (χ0) is 20.0. The van der Waals surface area contributed by atoms with Crippen molar-refractivity contribution in [2.45, 2.75) is 58.4 Å². The van der Waals surface area contributed by atoms with Crippen molar-refractivity contribution in [1.82, 2.24) is 10.2 Å². The van der Waals surface area contributed by atoms with Gasteiger partial charge < -0.3 is 14.6 Å². The number of nitrogens with one attached hydrogen (secondary N) is 1. The Hall–Kier alpha value is -1.81. The molecule has 3 saturated carbocycles. The topological polar surface area (TPSA) is 45.5 Å². The van der Waals surface area contributed by atoms with Gasteiger partial charge >= 0.3 is 0 Å². The van der Waals surface area contributed by atoms with Crippen LogP contribution in [0, 0.1) is 23.2 Å². The number of carbonyl (C=O) groups is 1. The first-order chi connectivity index (χ1) is 14.0. The Morgan fingerprint density at radius 2 is 2.00 bits per heavy atom. The van der Waals surface area contributed by atoms with Gasteiger partial charge in [0.2, 0.25) is 5.91 Å². The molecule has 3 aliphatic carbocycles. The van der Waals surface area contributed by atoms with Crippen molar-refractivity contribution in [3.8, 4) is 0 Å². The summed E-state index contributed by atoms with van der Waals surface area (Å²) in [6.07, 6.45) is 10.4. The van der Waals surface area contributed by atoms with Crippen LogP contribution in [-0.4, -0.2) is 36.5 Å². The van der Waals surface area contributed by atoms with Crippen molar-refractivity contribution in [3.63, 3.8) is 0 Å². The summed E-state index contributed by atoms with van der Waals surface area (Å²) in [6.45, 7) is 8.49. The summed E-state index contributed by atoms with van der Waals surface area (Å²) in [5.74, 6) is 2.94. The van der Waals surface area contributed by atoms with E-state index in [1.807, 2.05) is 18.2 Å². The number of fused-ring (bicyclic) bond motifs is 3. The first kappa shape index (κ1) is 19.2. The molecule has 4 heteroatoms. The third-order valence-corrected chi connectivity index (χ3v) is 8.41. The van der Waals surface area contributed by atoms with E-state index in [1.54, 1.807) is 12.5 Å². The Morgan fingerprint density at radius 3 is 2.76 bits per heavy atom. The number of amides is 1. The summed E-state index contributed by atoms with van der Waals surface area (Å²) >= 11 is 0. The van der Waals surface area contributed by atoms with Gasteiger partial charge in [0.15, 0.2) is 0 Å². The Balaban J connectivity index is 1.10. The van der Waals surface area contributed by atoms with Crippen molar-refractivity contribution in [1.29, 1.82) is 0 Å². The van der Waals surface area contributed by atoms with Crippen molar-refractivity contribution < 1.29 is 9.21 Å². The minimum Gasteiger partial charge on any atom is -0.471 e. The normalized spacial score (nSPS) is 29.5. The molecule has 6 rings (SSSR count). The van der Waals surface area contributed by atoms with E-state index in [0.29, 0.717) is 17.9 Å². The van der Waals surface area contributed by atoms with Gasteiger partial charge in [-0.1, -0.05) is 32.0 Å². The average molecular weight is 395 g/mol. The van der Waals surface area contributed by atoms with E-state index in [9.17, 15) is 4.79 Å². The molecule has 1 aromatic carbocycles. The van der Waals surface area contributed by atoms with Gasteiger partial charge in [-0.15, -0.1) is 0 Å². The number of piperidine rings is 1. The lowest BCUT2D eigenvalue weighted by Crippen LogP contribution is -2.55. The van der Waals surface area contributed by atoms with Crippen LogP contribution in [-0.2, 0) is 11.2 Å². The van der Waals surface area contributed by atoms with Gasteiger partial charge in [0.1, 0.15) is 0 Å². The van der Waals surface area contributed by atoms with Crippen molar-refractivity contribution in [3.05, 3.63) is 36.3 Å². The van der Waals surface area contributed by atoms with Crippen molar-refractivity contribution in [2.75, 3.05) is 19.6 Å². The lowest BCUT2D eigenvalue weighted by Gasteiger charge is -2.60. The maximum atomic E-state index is 12.6. The van der Waals surface area contributed by atoms with Gasteiger partial charge in [0, 0.05) is 36.4 Å². The number of likely N-dealkylation sites (tertiary alicyclic amines) is 1. The fourth-order valence-corrected chi connectivity index (χ4v) is 6.43. The van der Waals surface area contributed by atoms with Crippen LogP contribution >= 0.6 is 0 Å². The first-order valence-corrected chi connectivity index (χ1v) is 11.5. The van der Waals surface area contributed by atoms with E-state index >= 15 is 0 Å². The summed E-state index contributed by atoms with van der Waals surface area (Å²) in [7, 11) is 0. The molecule has 1 amide bonds. The first-order valence-electron chi connectivity index (χ1n) is 11.5. The van der Waals surface area contributed by atoms with Gasteiger partial charge in [0.05, 0.1) is 18.9 Å². The lowest BCUT2D eigenvalue weighted by atomic mass is 9.45. The molecule has 3 unspecified atom stereocenters. The highest BCUT2D eigenvalue weighted by molar-refractivity contribution is 5.89. The number of benzene rings is 1. The Labute approximate surface area is 174 Å². The number of nitrogens with zero attached hydrogens (tertiary/aromatic N) is 1. The standard InChI is InChI=1S/C25H34N2O2/c1-25(2)20-7-6-18(23(25)13-20)14-27-10-8-21(9-11-27)26-24(28)12-17-4-3-5-19-15-29-16-22(17)19/h3-5,15-16,18,20-21,23H,6-14H2,1-2H3,(H,26,28). The number of carbonyl (C=O) groups excluding carboxylic acids is 1. The fraction of sp³-hybridized carbons (Fsp3) is 0.640. The van der Waals surface area contributed by atoms with Crippen molar-refractivity contribution in [2.24, 2.45) is 23.2 Å². The van der Waals surface area contributed by atoms with Crippen LogP contribution in [0.1, 0.15) is 51.5 Å². The van der Waals surface area contributed by atoms with E-state index in [2.05, 4.69) is 24.1 Å². The predicted molar refractivity (Wildman–Crippen MR) is 116 cm³/mol. The van der Waals surface area contributed by atoms with Crippen molar-refractivity contribution >= 4 is 16.7 Å². The summed E-state index contributed by atoms with van der Waals surface area (Å²) < 4.78 is 5.30. The largest absolute Gasteiger partial charge is 0.471 e. The van der Waals surface area contributed by atoms with Crippen LogP contribution < -0.4 is 5.32 Å². The Morgan fingerprint density at radius 1 is 1.17 bits per heavy atom. The molecule has 156 valence electrons. The molecular formula is C25H34N2O2. The fourth-order valence-electron chi connectivity index (χ4n) is 6.43. The summed E-state index contributed by atoms with van der Waals surface area (Å²) in [5, 5.41) is 5.39. The number of rotatable bonds is 5. The third kappa shape index (κ3) is 3.61. The molecule has 0 radical (unpaired) electrons. The SMILES string of the molecule is CC1(C)C2CCC(CN3CCC(NC(=O)Cc4cccc5cocc45)CC3)C1C2. The van der Waals surface area contributed by atoms with Crippen LogP contribution in [0.2, 0.25) is 0 Å². The van der Waals surface area contributed by atoms with Gasteiger partial charge in [-0.2, -0.15) is 0 Å². The lowest BCUT2D eigenvalue weighted by molar-refractivity contribution is -0.121. The molecule has 2 bridgehead atoms. The molecule has 0 spiro atoms. The summed E-state index contributed by atoms with van der Waals surface area (Å²) in [4.78, 5) is 15.3. The molecule has 1 aromatic heterocycles. The smallest absolute Gasteiger partial charge is 0.224 e. The highest BCUT2D eigenvalue weighted by atomic mass is 16.3. The van der Waals surface area contributed by atoms with Gasteiger partial charge in [-0.3, -0.25) is 4.79 Å². The van der Waals surface area contributed by atoms with Gasteiger partial charge in [-0.05, 0) is 60.8 Å². The molecule has 4 aliphatic rings. The molecule has 2 heterocycles. The van der Waals surface area contributed by atoms with Crippen LogP contribution in [0.4, 0.5) is 0 Å².